The van der Waals surface area contributed by atoms with Gasteiger partial charge in [-0.15, -0.1) is 0 Å². The van der Waals surface area contributed by atoms with E-state index in [0.29, 0.717) is 23.7 Å². The number of aromatic nitrogens is 2. The zero-order valence-electron chi connectivity index (χ0n) is 17.9. The Labute approximate surface area is 179 Å². The first-order chi connectivity index (χ1) is 14.8. The summed E-state index contributed by atoms with van der Waals surface area (Å²) >= 11 is 0. The fraction of sp³-hybridized carbons (Fsp3) is 0.304. The average Bonchev–Trinajstić information content (AvgIpc) is 2.71. The van der Waals surface area contributed by atoms with Gasteiger partial charge in [-0.2, -0.15) is 0 Å². The van der Waals surface area contributed by atoms with Crippen LogP contribution in [-0.2, 0) is 6.42 Å². The van der Waals surface area contributed by atoms with E-state index in [4.69, 9.17) is 9.47 Å². The maximum atomic E-state index is 12.8. The van der Waals surface area contributed by atoms with Crippen molar-refractivity contribution < 1.29 is 14.6 Å². The Hall–Kier alpha value is -3.52. The predicted molar refractivity (Wildman–Crippen MR) is 117 cm³/mol. The van der Waals surface area contributed by atoms with Gasteiger partial charge >= 0.3 is 5.69 Å². The Kier molecular flexibility index (Phi) is 5.32. The molecule has 1 aliphatic rings. The second-order valence-electron chi connectivity index (χ2n) is 7.72. The zero-order valence-corrected chi connectivity index (χ0v) is 17.9. The number of methoxy groups -OCH3 is 2. The molecule has 0 bridgehead atoms. The molecular weight excluding hydrogens is 398 g/mol. The highest BCUT2D eigenvalue weighted by molar-refractivity contribution is 5.53. The second-order valence-corrected chi connectivity index (χ2v) is 7.72. The van der Waals surface area contributed by atoms with Crippen LogP contribution in [0.3, 0.4) is 0 Å². The minimum atomic E-state index is -0.695. The van der Waals surface area contributed by atoms with Crippen LogP contribution in [0, 0.1) is 13.8 Å². The first kappa shape index (κ1) is 20.7. The number of rotatable bonds is 4. The second kappa shape index (κ2) is 7.96. The summed E-state index contributed by atoms with van der Waals surface area (Å²) in [4.78, 5) is 27.8. The molecule has 8 nitrogen and oxygen atoms in total. The van der Waals surface area contributed by atoms with Gasteiger partial charge in [0.05, 0.1) is 31.5 Å². The molecule has 0 aliphatic carbocycles. The number of hydrogen-bond acceptors (Lipinski definition) is 6. The molecule has 1 aromatic heterocycles. The summed E-state index contributed by atoms with van der Waals surface area (Å²) in [5.74, 6) is 0.729. The van der Waals surface area contributed by atoms with Crippen molar-refractivity contribution in [3.05, 3.63) is 79.0 Å². The van der Waals surface area contributed by atoms with E-state index in [1.165, 1.54) is 0 Å². The third kappa shape index (κ3) is 3.59. The quantitative estimate of drug-likeness (QED) is 0.594. The number of ether oxygens (including phenoxy) is 2. The van der Waals surface area contributed by atoms with Crippen LogP contribution in [0.15, 0.2) is 39.9 Å². The third-order valence-electron chi connectivity index (χ3n) is 5.57. The van der Waals surface area contributed by atoms with E-state index in [0.717, 1.165) is 33.2 Å². The molecule has 0 spiro atoms. The smallest absolute Gasteiger partial charge is 0.335 e. The van der Waals surface area contributed by atoms with Gasteiger partial charge in [0, 0.05) is 6.54 Å². The van der Waals surface area contributed by atoms with Crippen molar-refractivity contribution in [2.45, 2.75) is 26.3 Å². The summed E-state index contributed by atoms with van der Waals surface area (Å²) in [7, 11) is 3.11. The Morgan fingerprint density at radius 1 is 1.00 bits per heavy atom. The van der Waals surface area contributed by atoms with Crippen molar-refractivity contribution in [2.24, 2.45) is 0 Å². The van der Waals surface area contributed by atoms with Gasteiger partial charge in [0.2, 0.25) is 5.88 Å². The molecule has 4 rings (SSSR count). The van der Waals surface area contributed by atoms with E-state index in [9.17, 15) is 14.7 Å². The van der Waals surface area contributed by atoms with Gasteiger partial charge in [-0.05, 0) is 66.8 Å². The molecule has 1 aliphatic heterocycles. The van der Waals surface area contributed by atoms with Gasteiger partial charge in [0.15, 0.2) is 11.5 Å². The van der Waals surface area contributed by atoms with E-state index in [2.05, 4.69) is 10.3 Å². The van der Waals surface area contributed by atoms with Crippen molar-refractivity contribution in [2.75, 3.05) is 20.8 Å². The molecule has 8 heteroatoms. The molecule has 1 atom stereocenters. The summed E-state index contributed by atoms with van der Waals surface area (Å²) < 4.78 is 12.0. The van der Waals surface area contributed by atoms with Crippen LogP contribution in [0.5, 0.6) is 17.4 Å². The Bertz CT molecular complexity index is 1260. The van der Waals surface area contributed by atoms with Gasteiger partial charge in [-0.1, -0.05) is 6.07 Å². The summed E-state index contributed by atoms with van der Waals surface area (Å²) in [5.41, 5.74) is 2.87. The summed E-state index contributed by atoms with van der Waals surface area (Å²) in [5, 5.41) is 14.4. The molecule has 0 saturated carbocycles. The van der Waals surface area contributed by atoms with Gasteiger partial charge in [0.25, 0.3) is 5.56 Å². The highest BCUT2D eigenvalue weighted by Crippen LogP contribution is 2.38. The van der Waals surface area contributed by atoms with Crippen LogP contribution in [0.25, 0.3) is 5.69 Å². The number of aromatic amines is 1. The number of nitrogens with one attached hydrogen (secondary N) is 2. The maximum Gasteiger partial charge on any atom is 0.335 e. The Morgan fingerprint density at radius 2 is 1.65 bits per heavy atom. The van der Waals surface area contributed by atoms with E-state index in [1.807, 2.05) is 26.0 Å². The molecule has 0 unspecified atom stereocenters. The number of fused-ring (bicyclic) bond motifs is 1. The number of nitrogens with zero attached hydrogens (tertiary/aromatic N) is 1. The molecule has 0 radical (unpaired) electrons. The lowest BCUT2D eigenvalue weighted by atomic mass is 9.90. The van der Waals surface area contributed by atoms with Crippen LogP contribution in [0.4, 0.5) is 0 Å². The molecule has 31 heavy (non-hydrogen) atoms. The Balaban J connectivity index is 1.95. The molecule has 3 aromatic rings. The van der Waals surface area contributed by atoms with Gasteiger partial charge in [0.1, 0.15) is 0 Å². The van der Waals surface area contributed by atoms with Crippen molar-refractivity contribution in [1.29, 1.82) is 0 Å². The summed E-state index contributed by atoms with van der Waals surface area (Å²) in [6.07, 6.45) is 0.724. The lowest BCUT2D eigenvalue weighted by Gasteiger charge is -2.28. The summed E-state index contributed by atoms with van der Waals surface area (Å²) in [6, 6.07) is 8.60. The van der Waals surface area contributed by atoms with Gasteiger partial charge in [-0.3, -0.25) is 9.78 Å². The lowest BCUT2D eigenvalue weighted by molar-refractivity contribution is 0.352. The van der Waals surface area contributed by atoms with Crippen molar-refractivity contribution in [3.8, 4) is 23.1 Å². The average molecular weight is 423 g/mol. The maximum absolute atomic E-state index is 12.8. The van der Waals surface area contributed by atoms with Crippen LogP contribution in [0.1, 0.15) is 33.9 Å². The van der Waals surface area contributed by atoms with Crippen molar-refractivity contribution in [3.63, 3.8) is 0 Å². The highest BCUT2D eigenvalue weighted by Gasteiger charge is 2.30. The number of benzene rings is 2. The number of hydrogen-bond donors (Lipinski definition) is 3. The van der Waals surface area contributed by atoms with Crippen LogP contribution in [-0.4, -0.2) is 35.4 Å². The SMILES string of the molecule is COc1cc2c(cc1OC)[C@H](c1c(O)n(-c3cc(C)cc(C)c3)c(=O)[nH]c1=O)NCC2. The highest BCUT2D eigenvalue weighted by atomic mass is 16.5. The fourth-order valence-corrected chi connectivity index (χ4v) is 4.26. The topological polar surface area (TPSA) is 106 Å². The van der Waals surface area contributed by atoms with Crippen LogP contribution in [0.2, 0.25) is 0 Å². The number of aryl methyl sites for hydroxylation is 2. The van der Waals surface area contributed by atoms with Crippen molar-refractivity contribution in [1.82, 2.24) is 14.9 Å². The Morgan fingerprint density at radius 3 is 2.29 bits per heavy atom. The molecule has 2 aromatic carbocycles. The normalized spacial score (nSPS) is 15.4. The first-order valence-corrected chi connectivity index (χ1v) is 9.99. The molecule has 2 heterocycles. The van der Waals surface area contributed by atoms with Crippen LogP contribution >= 0.6 is 0 Å². The van der Waals surface area contributed by atoms with E-state index >= 15 is 0 Å². The monoisotopic (exact) mass is 423 g/mol. The van der Waals surface area contributed by atoms with E-state index < -0.39 is 17.3 Å². The minimum absolute atomic E-state index is 0.0759. The zero-order chi connectivity index (χ0) is 22.3. The summed E-state index contributed by atoms with van der Waals surface area (Å²) in [6.45, 7) is 4.41. The van der Waals surface area contributed by atoms with Crippen LogP contribution < -0.4 is 26.0 Å². The third-order valence-corrected chi connectivity index (χ3v) is 5.57. The number of H-pyrrole nitrogens is 1. The van der Waals surface area contributed by atoms with Gasteiger partial charge < -0.3 is 19.9 Å². The minimum Gasteiger partial charge on any atom is -0.494 e. The predicted octanol–water partition coefficient (Wildman–Crippen LogP) is 2.10. The standard InChI is InChI=1S/C23H25N3O5/c1-12-7-13(2)9-15(8-12)26-22(28)19(21(27)25-23(26)29)20-16-11-18(31-4)17(30-3)10-14(16)5-6-24-20/h7-11,20,24,28H,5-6H2,1-4H3,(H,25,27,29)/t20-/m1/s1. The number of aromatic hydroxyl groups is 1. The molecule has 0 fully saturated rings. The van der Waals surface area contributed by atoms with E-state index in [-0.39, 0.29) is 11.4 Å². The molecule has 162 valence electrons. The van der Waals surface area contributed by atoms with E-state index in [1.54, 1.807) is 32.4 Å². The fourth-order valence-electron chi connectivity index (χ4n) is 4.26. The molecular formula is C23H25N3O5. The first-order valence-electron chi connectivity index (χ1n) is 9.99. The molecule has 0 amide bonds. The molecule has 3 N–H and O–H groups in total. The van der Waals surface area contributed by atoms with Crippen molar-refractivity contribution >= 4 is 0 Å². The van der Waals surface area contributed by atoms with Gasteiger partial charge in [-0.25, -0.2) is 9.36 Å². The molecule has 0 saturated heterocycles. The largest absolute Gasteiger partial charge is 0.494 e. The lowest BCUT2D eigenvalue weighted by Crippen LogP contribution is -2.38.